The predicted molar refractivity (Wildman–Crippen MR) is 59.5 cm³/mol. The van der Waals surface area contributed by atoms with Gasteiger partial charge in [-0.05, 0) is 12.1 Å². The SMILES string of the molecule is C=CC1CN=C(c2ccc(F)cc2F)N1C. The molecule has 1 unspecified atom stereocenters. The summed E-state index contributed by atoms with van der Waals surface area (Å²) in [6.07, 6.45) is 1.76. The lowest BCUT2D eigenvalue weighted by Crippen LogP contribution is -2.32. The highest BCUT2D eigenvalue weighted by molar-refractivity contribution is 6.00. The van der Waals surface area contributed by atoms with E-state index in [1.54, 1.807) is 6.08 Å². The molecule has 0 fully saturated rings. The molecule has 0 aromatic heterocycles. The molecule has 2 nitrogen and oxygen atoms in total. The molecule has 1 aromatic carbocycles. The molecule has 0 N–H and O–H groups in total. The van der Waals surface area contributed by atoms with Crippen LogP contribution < -0.4 is 0 Å². The second kappa shape index (κ2) is 4.04. The number of benzene rings is 1. The first-order valence-corrected chi connectivity index (χ1v) is 4.98. The Labute approximate surface area is 92.9 Å². The van der Waals surface area contributed by atoms with Gasteiger partial charge in [0.15, 0.2) is 0 Å². The highest BCUT2D eigenvalue weighted by Gasteiger charge is 2.24. The Bertz CT molecular complexity index is 454. The minimum atomic E-state index is -0.588. The maximum absolute atomic E-state index is 13.5. The van der Waals surface area contributed by atoms with E-state index in [1.807, 2.05) is 11.9 Å². The number of nitrogens with zero attached hydrogens (tertiary/aromatic N) is 2. The third kappa shape index (κ3) is 1.71. The molecular weight excluding hydrogens is 210 g/mol. The van der Waals surface area contributed by atoms with Crippen molar-refractivity contribution in [3.63, 3.8) is 0 Å². The Hall–Kier alpha value is -1.71. The second-order valence-corrected chi connectivity index (χ2v) is 3.70. The average molecular weight is 222 g/mol. The maximum Gasteiger partial charge on any atom is 0.137 e. The summed E-state index contributed by atoms with van der Waals surface area (Å²) in [7, 11) is 1.82. The molecule has 0 spiro atoms. The fourth-order valence-corrected chi connectivity index (χ4v) is 1.75. The van der Waals surface area contributed by atoms with Gasteiger partial charge in [-0.3, -0.25) is 4.99 Å². The third-order valence-corrected chi connectivity index (χ3v) is 2.70. The molecule has 0 aliphatic carbocycles. The van der Waals surface area contributed by atoms with Gasteiger partial charge in [0, 0.05) is 13.1 Å². The number of hydrogen-bond acceptors (Lipinski definition) is 2. The molecule has 1 aliphatic rings. The molecule has 84 valence electrons. The standard InChI is InChI=1S/C12H12F2N2/c1-3-9-7-15-12(16(9)2)10-5-4-8(13)6-11(10)14/h3-6,9H,1,7H2,2H3. The van der Waals surface area contributed by atoms with Crippen molar-refractivity contribution in [1.82, 2.24) is 4.90 Å². The van der Waals surface area contributed by atoms with E-state index in [0.717, 1.165) is 6.07 Å². The molecule has 0 radical (unpaired) electrons. The van der Waals surface area contributed by atoms with Crippen LogP contribution in [-0.2, 0) is 0 Å². The van der Waals surface area contributed by atoms with E-state index in [1.165, 1.54) is 12.1 Å². The highest BCUT2D eigenvalue weighted by atomic mass is 19.1. The van der Waals surface area contributed by atoms with E-state index >= 15 is 0 Å². The van der Waals surface area contributed by atoms with E-state index in [-0.39, 0.29) is 6.04 Å². The molecule has 0 saturated heterocycles. The van der Waals surface area contributed by atoms with Crippen molar-refractivity contribution in [1.29, 1.82) is 0 Å². The van der Waals surface area contributed by atoms with Crippen molar-refractivity contribution in [2.75, 3.05) is 13.6 Å². The monoisotopic (exact) mass is 222 g/mol. The molecular formula is C12H12F2N2. The van der Waals surface area contributed by atoms with E-state index in [0.29, 0.717) is 17.9 Å². The van der Waals surface area contributed by atoms with Gasteiger partial charge >= 0.3 is 0 Å². The van der Waals surface area contributed by atoms with Crippen molar-refractivity contribution in [3.8, 4) is 0 Å². The van der Waals surface area contributed by atoms with Crippen LogP contribution in [0.5, 0.6) is 0 Å². The van der Waals surface area contributed by atoms with Gasteiger partial charge in [0.1, 0.15) is 17.5 Å². The molecule has 0 amide bonds. The Morgan fingerprint density at radius 2 is 2.25 bits per heavy atom. The van der Waals surface area contributed by atoms with Crippen molar-refractivity contribution in [2.45, 2.75) is 6.04 Å². The summed E-state index contributed by atoms with van der Waals surface area (Å²) >= 11 is 0. The number of likely N-dealkylation sites (N-methyl/N-ethyl adjacent to an activating group) is 1. The number of amidine groups is 1. The van der Waals surface area contributed by atoms with E-state index in [9.17, 15) is 8.78 Å². The Morgan fingerprint density at radius 3 is 2.81 bits per heavy atom. The molecule has 0 bridgehead atoms. The van der Waals surface area contributed by atoms with Crippen LogP contribution in [0.2, 0.25) is 0 Å². The van der Waals surface area contributed by atoms with Crippen LogP contribution in [-0.4, -0.2) is 30.4 Å². The zero-order valence-corrected chi connectivity index (χ0v) is 8.95. The van der Waals surface area contributed by atoms with Crippen LogP contribution >= 0.6 is 0 Å². The Morgan fingerprint density at radius 1 is 1.50 bits per heavy atom. The summed E-state index contributed by atoms with van der Waals surface area (Å²) in [5.74, 6) is -0.625. The van der Waals surface area contributed by atoms with E-state index in [4.69, 9.17) is 0 Å². The van der Waals surface area contributed by atoms with Crippen molar-refractivity contribution >= 4 is 5.84 Å². The molecule has 0 saturated carbocycles. The van der Waals surface area contributed by atoms with Gasteiger partial charge in [0.2, 0.25) is 0 Å². The fourth-order valence-electron chi connectivity index (χ4n) is 1.75. The zero-order valence-electron chi connectivity index (χ0n) is 8.95. The van der Waals surface area contributed by atoms with Crippen LogP contribution in [0.25, 0.3) is 0 Å². The molecule has 2 rings (SSSR count). The van der Waals surface area contributed by atoms with Crippen LogP contribution in [0.3, 0.4) is 0 Å². The van der Waals surface area contributed by atoms with E-state index < -0.39 is 11.6 Å². The summed E-state index contributed by atoms with van der Waals surface area (Å²) in [5.41, 5.74) is 0.327. The molecule has 1 heterocycles. The number of hydrogen-bond donors (Lipinski definition) is 0. The van der Waals surface area contributed by atoms with Gasteiger partial charge in [0.05, 0.1) is 18.2 Å². The summed E-state index contributed by atoms with van der Waals surface area (Å²) < 4.78 is 26.3. The topological polar surface area (TPSA) is 15.6 Å². The lowest BCUT2D eigenvalue weighted by Gasteiger charge is -2.20. The van der Waals surface area contributed by atoms with Gasteiger partial charge in [-0.2, -0.15) is 0 Å². The minimum absolute atomic E-state index is 0.0828. The van der Waals surface area contributed by atoms with Crippen LogP contribution in [0.4, 0.5) is 8.78 Å². The van der Waals surface area contributed by atoms with Gasteiger partial charge in [0.25, 0.3) is 0 Å². The Balaban J connectivity index is 2.36. The summed E-state index contributed by atoms with van der Waals surface area (Å²) in [6, 6.07) is 3.59. The summed E-state index contributed by atoms with van der Waals surface area (Å²) in [6.45, 7) is 4.25. The Kier molecular flexibility index (Phi) is 2.73. The third-order valence-electron chi connectivity index (χ3n) is 2.70. The van der Waals surface area contributed by atoms with Gasteiger partial charge in [-0.15, -0.1) is 6.58 Å². The quantitative estimate of drug-likeness (QED) is 0.700. The van der Waals surface area contributed by atoms with Crippen molar-refractivity contribution in [2.24, 2.45) is 4.99 Å². The van der Waals surface area contributed by atoms with Gasteiger partial charge in [-0.1, -0.05) is 6.08 Å². The van der Waals surface area contributed by atoms with Crippen molar-refractivity contribution in [3.05, 3.63) is 48.1 Å². The normalized spacial score (nSPS) is 19.8. The lowest BCUT2D eigenvalue weighted by molar-refractivity contribution is 0.468. The number of aliphatic imine (C=N–C) groups is 1. The largest absolute Gasteiger partial charge is 0.351 e. The van der Waals surface area contributed by atoms with E-state index in [2.05, 4.69) is 11.6 Å². The summed E-state index contributed by atoms with van der Waals surface area (Å²) in [4.78, 5) is 6.08. The average Bonchev–Trinajstić information content (AvgIpc) is 2.60. The number of halogens is 2. The smallest absolute Gasteiger partial charge is 0.137 e. The maximum atomic E-state index is 13.5. The molecule has 1 atom stereocenters. The molecule has 1 aliphatic heterocycles. The molecule has 16 heavy (non-hydrogen) atoms. The van der Waals surface area contributed by atoms with Gasteiger partial charge < -0.3 is 4.90 Å². The second-order valence-electron chi connectivity index (χ2n) is 3.70. The van der Waals surface area contributed by atoms with Crippen molar-refractivity contribution < 1.29 is 8.78 Å². The summed E-state index contributed by atoms with van der Waals surface area (Å²) in [5, 5.41) is 0. The van der Waals surface area contributed by atoms with Crippen LogP contribution in [0, 0.1) is 11.6 Å². The highest BCUT2D eigenvalue weighted by Crippen LogP contribution is 2.18. The predicted octanol–water partition coefficient (Wildman–Crippen LogP) is 2.21. The molecule has 4 heteroatoms. The van der Waals surface area contributed by atoms with Crippen LogP contribution in [0.1, 0.15) is 5.56 Å². The first kappa shape index (κ1) is 10.8. The molecule has 1 aromatic rings. The number of rotatable bonds is 2. The zero-order chi connectivity index (χ0) is 11.7. The first-order valence-electron chi connectivity index (χ1n) is 4.98. The fraction of sp³-hybridized carbons (Fsp3) is 0.250. The van der Waals surface area contributed by atoms with Gasteiger partial charge in [-0.25, -0.2) is 8.78 Å². The first-order chi connectivity index (χ1) is 7.63. The lowest BCUT2D eigenvalue weighted by atomic mass is 10.1. The minimum Gasteiger partial charge on any atom is -0.351 e. The van der Waals surface area contributed by atoms with Crippen LogP contribution in [0.15, 0.2) is 35.8 Å².